The third-order valence-corrected chi connectivity index (χ3v) is 4.25. The van der Waals surface area contributed by atoms with Gasteiger partial charge >= 0.3 is 0 Å². The van der Waals surface area contributed by atoms with Crippen LogP contribution in [0.3, 0.4) is 0 Å². The number of amides is 1. The first-order chi connectivity index (χ1) is 9.52. The van der Waals surface area contributed by atoms with E-state index in [0.717, 1.165) is 18.5 Å². The second kappa shape index (κ2) is 6.46. The van der Waals surface area contributed by atoms with E-state index in [-0.39, 0.29) is 5.91 Å². The average Bonchev–Trinajstić information content (AvgIpc) is 2.87. The first kappa shape index (κ1) is 15.1. The van der Waals surface area contributed by atoms with Gasteiger partial charge in [-0.05, 0) is 43.5 Å². The summed E-state index contributed by atoms with van der Waals surface area (Å²) in [5, 5.41) is 4.10. The van der Waals surface area contributed by atoms with Gasteiger partial charge in [-0.1, -0.05) is 18.0 Å². The molecule has 20 heavy (non-hydrogen) atoms. The minimum absolute atomic E-state index is 0.0217. The molecule has 1 aromatic rings. The zero-order chi connectivity index (χ0) is 14.7. The van der Waals surface area contributed by atoms with Crippen LogP contribution in [0.15, 0.2) is 18.2 Å². The second-order valence-electron chi connectivity index (χ2n) is 5.57. The summed E-state index contributed by atoms with van der Waals surface area (Å²) in [7, 11) is 3.48. The molecule has 0 aromatic heterocycles. The molecule has 1 saturated carbocycles. The number of hydrogen-bond acceptors (Lipinski definition) is 3. The summed E-state index contributed by atoms with van der Waals surface area (Å²) >= 11 is 6.23. The van der Waals surface area contributed by atoms with Crippen LogP contribution in [0, 0.1) is 5.92 Å². The van der Waals surface area contributed by atoms with Gasteiger partial charge in [-0.3, -0.25) is 4.79 Å². The molecule has 0 aliphatic heterocycles. The first-order valence-electron chi connectivity index (χ1n) is 7.00. The van der Waals surface area contributed by atoms with Gasteiger partial charge in [0.05, 0.1) is 10.7 Å². The number of nitrogens with one attached hydrogen (secondary N) is 1. The maximum absolute atomic E-state index is 12.0. The molecule has 1 fully saturated rings. The lowest BCUT2D eigenvalue weighted by molar-refractivity contribution is 0.0827. The van der Waals surface area contributed by atoms with Crippen molar-refractivity contribution >= 4 is 23.2 Å². The summed E-state index contributed by atoms with van der Waals surface area (Å²) in [6, 6.07) is 5.70. The third-order valence-electron chi connectivity index (χ3n) is 3.92. The summed E-state index contributed by atoms with van der Waals surface area (Å²) in [5.74, 6) is 0.464. The highest BCUT2D eigenvalue weighted by Crippen LogP contribution is 2.31. The summed E-state index contributed by atoms with van der Waals surface area (Å²) < 4.78 is 0. The van der Waals surface area contributed by atoms with E-state index >= 15 is 0 Å². The maximum Gasteiger partial charge on any atom is 0.253 e. The van der Waals surface area contributed by atoms with Crippen LogP contribution in [-0.2, 0) is 0 Å². The quantitative estimate of drug-likeness (QED) is 0.897. The highest BCUT2D eigenvalue weighted by molar-refractivity contribution is 6.33. The van der Waals surface area contributed by atoms with Crippen LogP contribution in [0.25, 0.3) is 0 Å². The third kappa shape index (κ3) is 3.25. The Balaban J connectivity index is 2.18. The van der Waals surface area contributed by atoms with Crippen LogP contribution < -0.4 is 11.1 Å². The monoisotopic (exact) mass is 295 g/mol. The van der Waals surface area contributed by atoms with Gasteiger partial charge in [0, 0.05) is 25.7 Å². The van der Waals surface area contributed by atoms with Crippen molar-refractivity contribution in [1.82, 2.24) is 4.90 Å². The molecule has 1 aromatic carbocycles. The highest BCUT2D eigenvalue weighted by Gasteiger charge is 2.26. The number of carbonyl (C=O) groups excluding carboxylic acids is 1. The molecule has 1 amide bonds. The summed E-state index contributed by atoms with van der Waals surface area (Å²) in [5.41, 5.74) is 7.27. The lowest BCUT2D eigenvalue weighted by atomic mass is 10.0. The molecule has 3 N–H and O–H groups in total. The molecular weight excluding hydrogens is 274 g/mol. The van der Waals surface area contributed by atoms with Crippen molar-refractivity contribution in [2.45, 2.75) is 25.3 Å². The van der Waals surface area contributed by atoms with Crippen LogP contribution in [0.1, 0.15) is 29.6 Å². The lowest BCUT2D eigenvalue weighted by Crippen LogP contribution is -2.29. The van der Waals surface area contributed by atoms with E-state index in [1.807, 2.05) is 6.07 Å². The normalized spacial score (nSPS) is 21.8. The number of hydrogen-bond donors (Lipinski definition) is 2. The van der Waals surface area contributed by atoms with Crippen molar-refractivity contribution < 1.29 is 4.79 Å². The average molecular weight is 296 g/mol. The van der Waals surface area contributed by atoms with Crippen molar-refractivity contribution in [2.75, 3.05) is 26.0 Å². The molecule has 1 aliphatic rings. The Morgan fingerprint density at radius 2 is 2.20 bits per heavy atom. The van der Waals surface area contributed by atoms with Gasteiger partial charge in [-0.15, -0.1) is 0 Å². The molecule has 110 valence electrons. The Morgan fingerprint density at radius 3 is 2.85 bits per heavy atom. The molecule has 5 heteroatoms. The number of nitrogens with two attached hydrogens (primary N) is 1. The molecule has 0 heterocycles. The molecule has 0 bridgehead atoms. The Labute approximate surface area is 125 Å². The van der Waals surface area contributed by atoms with Gasteiger partial charge in [0.25, 0.3) is 5.91 Å². The van der Waals surface area contributed by atoms with Crippen LogP contribution in [0.5, 0.6) is 0 Å². The fourth-order valence-corrected chi connectivity index (χ4v) is 2.91. The van der Waals surface area contributed by atoms with Crippen LogP contribution in [-0.4, -0.2) is 37.5 Å². The molecule has 2 rings (SSSR count). The standard InChI is InChI=1S/C15H22ClN3O/c1-19(2)15(20)10-6-7-12(16)14(8-10)18-13-5-3-4-11(13)9-17/h6-8,11,13,18H,3-5,9,17H2,1-2H3. The number of benzene rings is 1. The van der Waals surface area contributed by atoms with Crippen molar-refractivity contribution in [2.24, 2.45) is 11.7 Å². The van der Waals surface area contributed by atoms with Crippen molar-refractivity contribution in [3.05, 3.63) is 28.8 Å². The van der Waals surface area contributed by atoms with Crippen molar-refractivity contribution in [3.8, 4) is 0 Å². The van der Waals surface area contributed by atoms with E-state index in [4.69, 9.17) is 17.3 Å². The van der Waals surface area contributed by atoms with Gasteiger partial charge in [-0.2, -0.15) is 0 Å². The van der Waals surface area contributed by atoms with Gasteiger partial charge in [-0.25, -0.2) is 0 Å². The first-order valence-corrected chi connectivity index (χ1v) is 7.38. The minimum atomic E-state index is -0.0217. The predicted molar refractivity (Wildman–Crippen MR) is 83.3 cm³/mol. The van der Waals surface area contributed by atoms with E-state index in [9.17, 15) is 4.79 Å². The molecule has 1 aliphatic carbocycles. The predicted octanol–water partition coefficient (Wildman–Crippen LogP) is 2.58. The molecule has 2 unspecified atom stereocenters. The molecule has 0 saturated heterocycles. The van der Waals surface area contributed by atoms with Crippen LogP contribution >= 0.6 is 11.6 Å². The Morgan fingerprint density at radius 1 is 1.45 bits per heavy atom. The number of halogens is 1. The number of anilines is 1. The Kier molecular flexibility index (Phi) is 4.89. The smallest absolute Gasteiger partial charge is 0.253 e. The minimum Gasteiger partial charge on any atom is -0.381 e. The molecule has 2 atom stereocenters. The molecular formula is C15H22ClN3O. The number of nitrogens with zero attached hydrogens (tertiary/aromatic N) is 1. The van der Waals surface area contributed by atoms with E-state index < -0.39 is 0 Å². The zero-order valence-electron chi connectivity index (χ0n) is 12.0. The van der Waals surface area contributed by atoms with E-state index in [1.165, 1.54) is 6.42 Å². The fourth-order valence-electron chi connectivity index (χ4n) is 2.74. The topological polar surface area (TPSA) is 58.4 Å². The van der Waals surface area contributed by atoms with Gasteiger partial charge in [0.15, 0.2) is 0 Å². The number of rotatable bonds is 4. The molecule has 4 nitrogen and oxygen atoms in total. The zero-order valence-corrected chi connectivity index (χ0v) is 12.8. The van der Waals surface area contributed by atoms with E-state index in [1.54, 1.807) is 31.1 Å². The maximum atomic E-state index is 12.0. The SMILES string of the molecule is CN(C)C(=O)c1ccc(Cl)c(NC2CCCC2CN)c1. The van der Waals surface area contributed by atoms with Gasteiger partial charge < -0.3 is 16.0 Å². The van der Waals surface area contributed by atoms with Gasteiger partial charge in [0.1, 0.15) is 0 Å². The fraction of sp³-hybridized carbons (Fsp3) is 0.533. The largest absolute Gasteiger partial charge is 0.381 e. The molecule has 0 radical (unpaired) electrons. The molecule has 0 spiro atoms. The van der Waals surface area contributed by atoms with Crippen LogP contribution in [0.4, 0.5) is 5.69 Å². The van der Waals surface area contributed by atoms with Crippen LogP contribution in [0.2, 0.25) is 5.02 Å². The van der Waals surface area contributed by atoms with E-state index in [2.05, 4.69) is 5.32 Å². The van der Waals surface area contributed by atoms with Gasteiger partial charge in [0.2, 0.25) is 0 Å². The summed E-state index contributed by atoms with van der Waals surface area (Å²) in [4.78, 5) is 13.6. The number of carbonyl (C=O) groups is 1. The summed E-state index contributed by atoms with van der Waals surface area (Å²) in [6.07, 6.45) is 3.44. The second-order valence-corrected chi connectivity index (χ2v) is 5.98. The van der Waals surface area contributed by atoms with Crippen molar-refractivity contribution in [3.63, 3.8) is 0 Å². The highest BCUT2D eigenvalue weighted by atomic mass is 35.5. The van der Waals surface area contributed by atoms with E-state index in [0.29, 0.717) is 29.1 Å². The lowest BCUT2D eigenvalue weighted by Gasteiger charge is -2.22. The summed E-state index contributed by atoms with van der Waals surface area (Å²) in [6.45, 7) is 0.686. The van der Waals surface area contributed by atoms with Crippen molar-refractivity contribution in [1.29, 1.82) is 0 Å². The Bertz CT molecular complexity index is 490. The Hall–Kier alpha value is -1.26.